The quantitative estimate of drug-likeness (QED) is 0.799. The number of benzene rings is 1. The Kier molecular flexibility index (Phi) is 3.97. The van der Waals surface area contributed by atoms with E-state index in [1.165, 1.54) is 31.7 Å². The number of aryl methyl sites for hydroxylation is 1. The molecular formula is C14H19FOS. The molecule has 1 aliphatic carbocycles. The van der Waals surface area contributed by atoms with Crippen molar-refractivity contribution < 1.29 is 9.13 Å². The molecule has 0 amide bonds. The molecule has 0 spiro atoms. The summed E-state index contributed by atoms with van der Waals surface area (Å²) < 4.78 is 18.9. The smallest absolute Gasteiger partial charge is 0.126 e. The number of hydrogen-bond donors (Lipinski definition) is 1. The van der Waals surface area contributed by atoms with Crippen molar-refractivity contribution in [2.24, 2.45) is 5.41 Å². The molecule has 1 aliphatic rings. The molecule has 1 aromatic rings. The van der Waals surface area contributed by atoms with Gasteiger partial charge in [-0.15, -0.1) is 0 Å². The Labute approximate surface area is 108 Å². The first-order valence-electron chi connectivity index (χ1n) is 6.15. The second kappa shape index (κ2) is 5.30. The van der Waals surface area contributed by atoms with E-state index in [0.29, 0.717) is 12.2 Å². The summed E-state index contributed by atoms with van der Waals surface area (Å²) in [6.45, 7) is 2.45. The molecule has 0 saturated heterocycles. The van der Waals surface area contributed by atoms with Gasteiger partial charge in [0, 0.05) is 5.41 Å². The topological polar surface area (TPSA) is 9.23 Å². The van der Waals surface area contributed by atoms with Crippen molar-refractivity contribution in [3.05, 3.63) is 29.6 Å². The Balaban J connectivity index is 1.99. The maximum Gasteiger partial charge on any atom is 0.126 e. The lowest BCUT2D eigenvalue weighted by Crippen LogP contribution is -2.27. The number of halogens is 1. The highest BCUT2D eigenvalue weighted by atomic mass is 32.1. The van der Waals surface area contributed by atoms with Crippen LogP contribution in [0.15, 0.2) is 18.2 Å². The average Bonchev–Trinajstić information content (AvgIpc) is 2.80. The maximum absolute atomic E-state index is 13.1. The van der Waals surface area contributed by atoms with Crippen molar-refractivity contribution >= 4 is 12.6 Å². The molecule has 0 atom stereocenters. The standard InChI is InChI=1S/C14H19FOS/c1-11-8-12(4-5-13(11)15)16-9-14(10-17)6-2-3-7-14/h4-5,8,17H,2-3,6-7,9-10H2,1H3. The van der Waals surface area contributed by atoms with Crippen LogP contribution in [0.2, 0.25) is 0 Å². The van der Waals surface area contributed by atoms with Crippen molar-refractivity contribution in [2.75, 3.05) is 12.4 Å². The first-order chi connectivity index (χ1) is 8.15. The second-order valence-corrected chi connectivity index (χ2v) is 5.38. The van der Waals surface area contributed by atoms with E-state index in [9.17, 15) is 4.39 Å². The van der Waals surface area contributed by atoms with Crippen molar-refractivity contribution in [1.82, 2.24) is 0 Å². The van der Waals surface area contributed by atoms with Crippen LogP contribution in [0.4, 0.5) is 4.39 Å². The fourth-order valence-electron chi connectivity index (χ4n) is 2.42. The van der Waals surface area contributed by atoms with E-state index in [1.807, 2.05) is 0 Å². The van der Waals surface area contributed by atoms with E-state index in [4.69, 9.17) is 4.74 Å². The van der Waals surface area contributed by atoms with Gasteiger partial charge in [0.25, 0.3) is 0 Å². The molecule has 0 aromatic heterocycles. The van der Waals surface area contributed by atoms with Crippen LogP contribution in [-0.4, -0.2) is 12.4 Å². The normalized spacial score (nSPS) is 18.3. The van der Waals surface area contributed by atoms with Crippen molar-refractivity contribution in [2.45, 2.75) is 32.6 Å². The van der Waals surface area contributed by atoms with Gasteiger partial charge in [-0.1, -0.05) is 12.8 Å². The number of rotatable bonds is 4. The van der Waals surface area contributed by atoms with Gasteiger partial charge in [-0.05, 0) is 49.3 Å². The minimum absolute atomic E-state index is 0.179. The molecule has 0 radical (unpaired) electrons. The van der Waals surface area contributed by atoms with Gasteiger partial charge in [-0.25, -0.2) is 4.39 Å². The van der Waals surface area contributed by atoms with E-state index in [1.54, 1.807) is 19.1 Å². The zero-order valence-electron chi connectivity index (χ0n) is 10.2. The lowest BCUT2D eigenvalue weighted by Gasteiger charge is -2.26. The number of hydrogen-bond acceptors (Lipinski definition) is 2. The predicted molar refractivity (Wildman–Crippen MR) is 71.4 cm³/mol. The van der Waals surface area contributed by atoms with Gasteiger partial charge in [0.1, 0.15) is 11.6 Å². The van der Waals surface area contributed by atoms with Crippen LogP contribution >= 0.6 is 12.6 Å². The molecule has 0 aliphatic heterocycles. The van der Waals surface area contributed by atoms with Gasteiger partial charge in [-0.3, -0.25) is 0 Å². The van der Waals surface area contributed by atoms with Crippen LogP contribution in [-0.2, 0) is 0 Å². The van der Waals surface area contributed by atoms with Crippen molar-refractivity contribution in [3.8, 4) is 5.75 Å². The highest BCUT2D eigenvalue weighted by Crippen LogP contribution is 2.39. The molecule has 1 aromatic carbocycles. The molecule has 1 fully saturated rings. The van der Waals surface area contributed by atoms with Gasteiger partial charge in [0.2, 0.25) is 0 Å². The van der Waals surface area contributed by atoms with Crippen LogP contribution in [0.5, 0.6) is 5.75 Å². The van der Waals surface area contributed by atoms with Crippen LogP contribution < -0.4 is 4.74 Å². The van der Waals surface area contributed by atoms with Crippen LogP contribution in [0.25, 0.3) is 0 Å². The molecule has 3 heteroatoms. The van der Waals surface area contributed by atoms with E-state index in [2.05, 4.69) is 12.6 Å². The minimum Gasteiger partial charge on any atom is -0.493 e. The molecular weight excluding hydrogens is 235 g/mol. The third-order valence-electron chi connectivity index (χ3n) is 3.67. The zero-order chi connectivity index (χ0) is 12.3. The maximum atomic E-state index is 13.1. The van der Waals surface area contributed by atoms with Gasteiger partial charge in [-0.2, -0.15) is 12.6 Å². The Bertz CT molecular complexity index is 386. The molecule has 2 rings (SSSR count). The number of ether oxygens (including phenoxy) is 1. The summed E-state index contributed by atoms with van der Waals surface area (Å²) in [5.41, 5.74) is 0.861. The van der Waals surface area contributed by atoms with Gasteiger partial charge in [0.05, 0.1) is 6.61 Å². The Morgan fingerprint density at radius 3 is 2.65 bits per heavy atom. The summed E-state index contributed by atoms with van der Waals surface area (Å²) in [7, 11) is 0. The average molecular weight is 254 g/mol. The fourth-order valence-corrected chi connectivity index (χ4v) is 2.82. The Morgan fingerprint density at radius 2 is 2.06 bits per heavy atom. The zero-order valence-corrected chi connectivity index (χ0v) is 11.1. The highest BCUT2D eigenvalue weighted by Gasteiger charge is 2.33. The van der Waals surface area contributed by atoms with Crippen LogP contribution in [0.1, 0.15) is 31.2 Å². The fraction of sp³-hybridized carbons (Fsp3) is 0.571. The summed E-state index contributed by atoms with van der Waals surface area (Å²) in [6.07, 6.45) is 4.92. The number of thiol groups is 1. The molecule has 17 heavy (non-hydrogen) atoms. The lowest BCUT2D eigenvalue weighted by atomic mass is 9.90. The molecule has 1 saturated carbocycles. The van der Waals surface area contributed by atoms with Crippen molar-refractivity contribution in [1.29, 1.82) is 0 Å². The van der Waals surface area contributed by atoms with Crippen molar-refractivity contribution in [3.63, 3.8) is 0 Å². The molecule has 0 N–H and O–H groups in total. The Hall–Kier alpha value is -0.700. The van der Waals surface area contributed by atoms with E-state index < -0.39 is 0 Å². The van der Waals surface area contributed by atoms with Gasteiger partial charge in [0.15, 0.2) is 0 Å². The third kappa shape index (κ3) is 2.95. The SMILES string of the molecule is Cc1cc(OCC2(CS)CCCC2)ccc1F. The summed E-state index contributed by atoms with van der Waals surface area (Å²) in [5, 5.41) is 0. The summed E-state index contributed by atoms with van der Waals surface area (Å²) in [5.74, 6) is 1.45. The molecule has 1 nitrogen and oxygen atoms in total. The largest absolute Gasteiger partial charge is 0.493 e. The first-order valence-corrected chi connectivity index (χ1v) is 6.78. The molecule has 0 unspecified atom stereocenters. The lowest BCUT2D eigenvalue weighted by molar-refractivity contribution is 0.173. The summed E-state index contributed by atoms with van der Waals surface area (Å²) in [6, 6.07) is 4.92. The summed E-state index contributed by atoms with van der Waals surface area (Å²) >= 11 is 4.44. The second-order valence-electron chi connectivity index (χ2n) is 5.06. The van der Waals surface area contributed by atoms with E-state index in [-0.39, 0.29) is 11.2 Å². The summed E-state index contributed by atoms with van der Waals surface area (Å²) in [4.78, 5) is 0. The van der Waals surface area contributed by atoms with Gasteiger partial charge < -0.3 is 4.74 Å². The minimum atomic E-state index is -0.179. The van der Waals surface area contributed by atoms with E-state index >= 15 is 0 Å². The monoisotopic (exact) mass is 254 g/mol. The molecule has 0 bridgehead atoms. The third-order valence-corrected chi connectivity index (χ3v) is 4.34. The first kappa shape index (κ1) is 12.7. The van der Waals surface area contributed by atoms with E-state index in [0.717, 1.165) is 11.5 Å². The van der Waals surface area contributed by atoms with Crippen LogP contribution in [0, 0.1) is 18.2 Å². The molecule has 0 heterocycles. The Morgan fingerprint density at radius 1 is 1.35 bits per heavy atom. The van der Waals surface area contributed by atoms with Gasteiger partial charge >= 0.3 is 0 Å². The predicted octanol–water partition coefficient (Wildman–Crippen LogP) is 4.00. The van der Waals surface area contributed by atoms with Crippen LogP contribution in [0.3, 0.4) is 0 Å². The molecule has 94 valence electrons. The highest BCUT2D eigenvalue weighted by molar-refractivity contribution is 7.80.